The van der Waals surface area contributed by atoms with Crippen molar-refractivity contribution in [1.29, 1.82) is 0 Å². The summed E-state index contributed by atoms with van der Waals surface area (Å²) in [7, 11) is -4.62. The highest BCUT2D eigenvalue weighted by Gasteiger charge is 2.39. The lowest BCUT2D eigenvalue weighted by atomic mass is 9.96. The van der Waals surface area contributed by atoms with Crippen molar-refractivity contribution in [2.75, 3.05) is 6.54 Å². The Labute approximate surface area is 198 Å². The van der Waals surface area contributed by atoms with Gasteiger partial charge in [-0.3, -0.25) is 9.97 Å². The minimum Gasteiger partial charge on any atom is -0.465 e. The van der Waals surface area contributed by atoms with E-state index in [9.17, 15) is 31.5 Å². The van der Waals surface area contributed by atoms with Gasteiger partial charge in [-0.05, 0) is 29.7 Å². The molecule has 0 aromatic carbocycles. The van der Waals surface area contributed by atoms with E-state index in [0.717, 1.165) is 41.7 Å². The first-order valence-electron chi connectivity index (χ1n) is 10.2. The van der Waals surface area contributed by atoms with Crippen LogP contribution in [0.4, 0.5) is 22.4 Å². The van der Waals surface area contributed by atoms with Gasteiger partial charge in [-0.1, -0.05) is 20.8 Å². The van der Waals surface area contributed by atoms with Crippen LogP contribution in [0.3, 0.4) is 0 Å². The fourth-order valence-electron chi connectivity index (χ4n) is 3.45. The van der Waals surface area contributed by atoms with Crippen LogP contribution in [-0.4, -0.2) is 45.0 Å². The average Bonchev–Trinajstić information content (AvgIpc) is 3.09. The molecule has 188 valence electrons. The Bertz CT molecular complexity index is 1330. The Kier molecular flexibility index (Phi) is 6.93. The second-order valence-corrected chi connectivity index (χ2v) is 10.7. The van der Waals surface area contributed by atoms with E-state index in [0.29, 0.717) is 3.97 Å². The van der Waals surface area contributed by atoms with Gasteiger partial charge in [-0.25, -0.2) is 21.6 Å². The van der Waals surface area contributed by atoms with E-state index in [2.05, 4.69) is 9.97 Å². The van der Waals surface area contributed by atoms with Crippen molar-refractivity contribution < 1.29 is 35.9 Å². The zero-order valence-electron chi connectivity index (χ0n) is 18.9. The number of halogens is 4. The van der Waals surface area contributed by atoms with Crippen LogP contribution in [0.15, 0.2) is 53.9 Å². The molecule has 0 radical (unpaired) electrons. The van der Waals surface area contributed by atoms with Gasteiger partial charge in [-0.15, -0.1) is 0 Å². The fraction of sp³-hybridized carbons (Fsp3) is 0.318. The zero-order valence-corrected chi connectivity index (χ0v) is 19.7. The van der Waals surface area contributed by atoms with Crippen LogP contribution < -0.4 is 0 Å². The SMILES string of the molecule is CC(C)(C)CN(Cc1cn(S(=O)(=O)c2cccnc2)c(-c2cccnc2C(F)(F)F)c1F)C(=O)O. The normalized spacial score (nSPS) is 12.5. The molecule has 0 saturated heterocycles. The van der Waals surface area contributed by atoms with Crippen molar-refractivity contribution in [3.63, 3.8) is 0 Å². The van der Waals surface area contributed by atoms with Gasteiger partial charge in [0.05, 0.1) is 6.54 Å². The molecule has 0 aliphatic heterocycles. The Balaban J connectivity index is 2.29. The predicted molar refractivity (Wildman–Crippen MR) is 117 cm³/mol. The number of alkyl halides is 3. The molecule has 3 heterocycles. The lowest BCUT2D eigenvalue weighted by Crippen LogP contribution is -2.36. The monoisotopic (exact) mass is 514 g/mol. The number of rotatable bonds is 6. The molecule has 1 N–H and O–H groups in total. The molecule has 0 aliphatic rings. The molecular formula is C22H22F4N4O4S. The highest BCUT2D eigenvalue weighted by molar-refractivity contribution is 7.90. The highest BCUT2D eigenvalue weighted by atomic mass is 32.2. The Morgan fingerprint density at radius 3 is 2.34 bits per heavy atom. The van der Waals surface area contributed by atoms with Crippen LogP contribution in [0, 0.1) is 11.2 Å². The summed E-state index contributed by atoms with van der Waals surface area (Å²) in [5.41, 5.74) is -4.17. The van der Waals surface area contributed by atoms with Crippen LogP contribution in [0.5, 0.6) is 0 Å². The van der Waals surface area contributed by atoms with Crippen LogP contribution in [0.25, 0.3) is 11.3 Å². The molecule has 1 amide bonds. The van der Waals surface area contributed by atoms with E-state index in [1.54, 1.807) is 20.8 Å². The molecule has 3 rings (SSSR count). The van der Waals surface area contributed by atoms with Crippen molar-refractivity contribution in [1.82, 2.24) is 18.8 Å². The van der Waals surface area contributed by atoms with E-state index >= 15 is 4.39 Å². The standard InChI is InChI=1S/C22H22F4N4O4S/c1-21(2,3)13-29(20(31)32)11-14-12-30(35(33,34)15-6-4-8-27-10-15)18(17(14)23)16-7-5-9-28-19(16)22(24,25)26/h4-10,12H,11,13H2,1-3H3,(H,31,32). The second kappa shape index (κ2) is 9.29. The van der Waals surface area contributed by atoms with E-state index in [1.807, 2.05) is 0 Å². The van der Waals surface area contributed by atoms with E-state index in [1.165, 1.54) is 12.3 Å². The molecular weight excluding hydrogens is 492 g/mol. The minimum atomic E-state index is -5.02. The van der Waals surface area contributed by atoms with Crippen molar-refractivity contribution in [2.24, 2.45) is 5.41 Å². The lowest BCUT2D eigenvalue weighted by Gasteiger charge is -2.27. The molecule has 0 atom stereocenters. The molecule has 13 heteroatoms. The first-order valence-corrected chi connectivity index (χ1v) is 11.6. The third-order valence-electron chi connectivity index (χ3n) is 4.80. The van der Waals surface area contributed by atoms with Gasteiger partial charge in [0.1, 0.15) is 10.6 Å². The molecule has 0 aliphatic carbocycles. The summed E-state index contributed by atoms with van der Waals surface area (Å²) in [6.45, 7) is 4.59. The van der Waals surface area contributed by atoms with Gasteiger partial charge in [0.25, 0.3) is 10.0 Å². The minimum absolute atomic E-state index is 0.0433. The summed E-state index contributed by atoms with van der Waals surface area (Å²) >= 11 is 0. The number of amides is 1. The summed E-state index contributed by atoms with van der Waals surface area (Å²) in [4.78, 5) is 19.2. The molecule has 0 unspecified atom stereocenters. The van der Waals surface area contributed by atoms with Crippen LogP contribution >= 0.6 is 0 Å². The topological polar surface area (TPSA) is 105 Å². The number of aromatic nitrogens is 3. The number of carbonyl (C=O) groups is 1. The smallest absolute Gasteiger partial charge is 0.434 e. The molecule has 35 heavy (non-hydrogen) atoms. The second-order valence-electron chi connectivity index (χ2n) is 8.90. The average molecular weight is 515 g/mol. The number of hydrogen-bond acceptors (Lipinski definition) is 5. The molecule has 0 fully saturated rings. The highest BCUT2D eigenvalue weighted by Crippen LogP contribution is 2.39. The molecule has 0 bridgehead atoms. The summed E-state index contributed by atoms with van der Waals surface area (Å²) in [5.74, 6) is -1.31. The summed E-state index contributed by atoms with van der Waals surface area (Å²) < 4.78 is 83.8. The predicted octanol–water partition coefficient (Wildman–Crippen LogP) is 4.87. The molecule has 8 nitrogen and oxygen atoms in total. The molecule has 0 spiro atoms. The Morgan fingerprint density at radius 1 is 1.14 bits per heavy atom. The van der Waals surface area contributed by atoms with Gasteiger partial charge in [-0.2, -0.15) is 13.2 Å². The van der Waals surface area contributed by atoms with Gasteiger partial charge >= 0.3 is 12.3 Å². The summed E-state index contributed by atoms with van der Waals surface area (Å²) in [5, 5.41) is 9.58. The zero-order chi connectivity index (χ0) is 26.2. The number of carboxylic acid groups (broad SMARTS) is 1. The van der Waals surface area contributed by atoms with Crippen molar-refractivity contribution in [3.05, 3.63) is 66.1 Å². The van der Waals surface area contributed by atoms with E-state index in [-0.39, 0.29) is 6.54 Å². The molecule has 3 aromatic heterocycles. The Morgan fingerprint density at radius 2 is 1.80 bits per heavy atom. The van der Waals surface area contributed by atoms with Crippen molar-refractivity contribution >= 4 is 16.1 Å². The van der Waals surface area contributed by atoms with Gasteiger partial charge in [0.15, 0.2) is 11.5 Å². The maximum absolute atomic E-state index is 15.7. The van der Waals surface area contributed by atoms with Crippen LogP contribution in [0.2, 0.25) is 0 Å². The number of pyridine rings is 2. The van der Waals surface area contributed by atoms with Crippen molar-refractivity contribution in [2.45, 2.75) is 38.4 Å². The van der Waals surface area contributed by atoms with Gasteiger partial charge in [0, 0.05) is 42.5 Å². The summed E-state index contributed by atoms with van der Waals surface area (Å²) in [6, 6.07) is 4.47. The largest absolute Gasteiger partial charge is 0.465 e. The van der Waals surface area contributed by atoms with E-state index < -0.39 is 67.5 Å². The molecule has 3 aromatic rings. The first kappa shape index (κ1) is 26.1. The van der Waals surface area contributed by atoms with Crippen LogP contribution in [0.1, 0.15) is 32.0 Å². The first-order chi connectivity index (χ1) is 16.1. The fourth-order valence-corrected chi connectivity index (χ4v) is 4.81. The van der Waals surface area contributed by atoms with Crippen LogP contribution in [-0.2, 0) is 22.7 Å². The summed E-state index contributed by atoms with van der Waals surface area (Å²) in [6.07, 6.45) is -2.52. The third-order valence-corrected chi connectivity index (χ3v) is 6.45. The third kappa shape index (κ3) is 5.61. The maximum Gasteiger partial charge on any atom is 0.434 e. The quantitative estimate of drug-likeness (QED) is 0.471. The lowest BCUT2D eigenvalue weighted by molar-refractivity contribution is -0.140. The number of nitrogens with zero attached hydrogens (tertiary/aromatic N) is 4. The maximum atomic E-state index is 15.7. The van der Waals surface area contributed by atoms with Gasteiger partial charge in [0.2, 0.25) is 0 Å². The van der Waals surface area contributed by atoms with Crippen molar-refractivity contribution in [3.8, 4) is 11.3 Å². The Hall–Kier alpha value is -3.48. The van der Waals surface area contributed by atoms with Gasteiger partial charge < -0.3 is 10.0 Å². The van der Waals surface area contributed by atoms with E-state index in [4.69, 9.17) is 0 Å². The number of hydrogen-bond donors (Lipinski definition) is 1. The molecule has 0 saturated carbocycles.